The van der Waals surface area contributed by atoms with E-state index in [1.165, 1.54) is 18.3 Å². The number of hydrogen-bond acceptors (Lipinski definition) is 6. The Morgan fingerprint density at radius 3 is 2.70 bits per heavy atom. The Morgan fingerprint density at radius 1 is 1.40 bits per heavy atom. The van der Waals surface area contributed by atoms with Crippen LogP contribution in [-0.4, -0.2) is 39.4 Å². The van der Waals surface area contributed by atoms with E-state index in [0.29, 0.717) is 18.5 Å². The second kappa shape index (κ2) is 5.76. The van der Waals surface area contributed by atoms with Gasteiger partial charge in [-0.3, -0.25) is 4.98 Å². The summed E-state index contributed by atoms with van der Waals surface area (Å²) in [6.45, 7) is 0.231. The lowest BCUT2D eigenvalue weighted by molar-refractivity contribution is 0.517. The van der Waals surface area contributed by atoms with Crippen LogP contribution in [0.1, 0.15) is 18.5 Å². The SMILES string of the molecule is NCc1ccc(S(=O)(=O)NC2CCCS(=O)(=O)C2)cn1. The average Bonchev–Trinajstić information content (AvgIpc) is 2.37. The molecule has 1 aromatic rings. The van der Waals surface area contributed by atoms with Gasteiger partial charge in [-0.05, 0) is 25.0 Å². The summed E-state index contributed by atoms with van der Waals surface area (Å²) in [5, 5.41) is 0. The van der Waals surface area contributed by atoms with Crippen molar-refractivity contribution in [2.75, 3.05) is 11.5 Å². The van der Waals surface area contributed by atoms with Gasteiger partial charge >= 0.3 is 0 Å². The number of nitrogens with zero attached hydrogens (tertiary/aromatic N) is 1. The lowest BCUT2D eigenvalue weighted by Crippen LogP contribution is -2.43. The molecule has 0 spiro atoms. The molecule has 0 saturated carbocycles. The monoisotopic (exact) mass is 319 g/mol. The minimum Gasteiger partial charge on any atom is -0.325 e. The van der Waals surface area contributed by atoms with Gasteiger partial charge in [0.15, 0.2) is 9.84 Å². The molecular weight excluding hydrogens is 302 g/mol. The molecule has 0 amide bonds. The molecule has 1 fully saturated rings. The summed E-state index contributed by atoms with van der Waals surface area (Å²) in [5.41, 5.74) is 5.98. The van der Waals surface area contributed by atoms with Crippen LogP contribution in [-0.2, 0) is 26.4 Å². The molecular formula is C11H17N3O4S2. The Morgan fingerprint density at radius 2 is 2.15 bits per heavy atom. The zero-order chi connectivity index (χ0) is 14.8. The minimum atomic E-state index is -3.75. The van der Waals surface area contributed by atoms with Gasteiger partial charge in [0, 0.05) is 18.8 Å². The molecule has 1 atom stereocenters. The highest BCUT2D eigenvalue weighted by Crippen LogP contribution is 2.15. The third-order valence-electron chi connectivity index (χ3n) is 3.10. The molecule has 20 heavy (non-hydrogen) atoms. The number of sulfonamides is 1. The zero-order valence-electron chi connectivity index (χ0n) is 10.8. The number of pyridine rings is 1. The van der Waals surface area contributed by atoms with Crippen LogP contribution in [0.2, 0.25) is 0 Å². The van der Waals surface area contributed by atoms with E-state index >= 15 is 0 Å². The summed E-state index contributed by atoms with van der Waals surface area (Å²) in [5.74, 6) is -0.0292. The van der Waals surface area contributed by atoms with Crippen molar-refractivity contribution in [3.8, 4) is 0 Å². The van der Waals surface area contributed by atoms with Crippen LogP contribution in [0.15, 0.2) is 23.2 Å². The molecule has 1 aliphatic rings. The zero-order valence-corrected chi connectivity index (χ0v) is 12.5. The predicted octanol–water partition coefficient (Wildman–Crippen LogP) is -0.604. The second-order valence-electron chi connectivity index (χ2n) is 4.76. The van der Waals surface area contributed by atoms with Crippen LogP contribution in [0, 0.1) is 0 Å². The molecule has 1 saturated heterocycles. The summed E-state index contributed by atoms with van der Waals surface area (Å²) < 4.78 is 49.7. The predicted molar refractivity (Wildman–Crippen MR) is 74.1 cm³/mol. The summed E-state index contributed by atoms with van der Waals surface area (Å²) in [6.07, 6.45) is 2.22. The Labute approximate surface area is 118 Å². The molecule has 2 rings (SSSR count). The van der Waals surface area contributed by atoms with Crippen LogP contribution in [0.3, 0.4) is 0 Å². The van der Waals surface area contributed by atoms with E-state index in [0.717, 1.165) is 0 Å². The molecule has 1 aromatic heterocycles. The normalized spacial score (nSPS) is 22.6. The quantitative estimate of drug-likeness (QED) is 0.764. The molecule has 1 aliphatic heterocycles. The lowest BCUT2D eigenvalue weighted by Gasteiger charge is -2.22. The molecule has 0 radical (unpaired) electrons. The van der Waals surface area contributed by atoms with E-state index in [1.54, 1.807) is 0 Å². The first kappa shape index (κ1) is 15.4. The van der Waals surface area contributed by atoms with Crippen molar-refractivity contribution in [2.24, 2.45) is 5.73 Å². The van der Waals surface area contributed by atoms with Crippen molar-refractivity contribution in [3.05, 3.63) is 24.0 Å². The van der Waals surface area contributed by atoms with E-state index in [-0.39, 0.29) is 22.9 Å². The molecule has 0 aliphatic carbocycles. The molecule has 0 bridgehead atoms. The Hall–Kier alpha value is -1.03. The fourth-order valence-electron chi connectivity index (χ4n) is 2.09. The van der Waals surface area contributed by atoms with Gasteiger partial charge in [0.1, 0.15) is 4.90 Å². The molecule has 1 unspecified atom stereocenters. The van der Waals surface area contributed by atoms with Crippen molar-refractivity contribution < 1.29 is 16.8 Å². The number of hydrogen-bond donors (Lipinski definition) is 2. The number of rotatable bonds is 4. The molecule has 7 nitrogen and oxygen atoms in total. The largest absolute Gasteiger partial charge is 0.325 e. The summed E-state index contributed by atoms with van der Waals surface area (Å²) in [6, 6.07) is 2.37. The van der Waals surface area contributed by atoms with Crippen LogP contribution in [0.5, 0.6) is 0 Å². The van der Waals surface area contributed by atoms with Gasteiger partial charge in [-0.1, -0.05) is 0 Å². The molecule has 0 aromatic carbocycles. The van der Waals surface area contributed by atoms with Crippen LogP contribution < -0.4 is 10.5 Å². The topological polar surface area (TPSA) is 119 Å². The number of aromatic nitrogens is 1. The standard InChI is InChI=1S/C11H17N3O4S2/c12-6-9-3-4-11(7-13-9)20(17,18)14-10-2-1-5-19(15,16)8-10/h3-4,7,10,14H,1-2,5-6,8,12H2. The first-order valence-electron chi connectivity index (χ1n) is 6.20. The van der Waals surface area contributed by atoms with E-state index in [9.17, 15) is 16.8 Å². The Kier molecular flexibility index (Phi) is 4.43. The first-order chi connectivity index (χ1) is 9.32. The highest BCUT2D eigenvalue weighted by Gasteiger charge is 2.28. The summed E-state index contributed by atoms with van der Waals surface area (Å²) >= 11 is 0. The van der Waals surface area contributed by atoms with Gasteiger partial charge in [0.25, 0.3) is 0 Å². The smallest absolute Gasteiger partial charge is 0.242 e. The molecule has 3 N–H and O–H groups in total. The maximum absolute atomic E-state index is 12.1. The average molecular weight is 319 g/mol. The van der Waals surface area contributed by atoms with Gasteiger partial charge in [-0.15, -0.1) is 0 Å². The van der Waals surface area contributed by atoms with Crippen molar-refractivity contribution in [1.82, 2.24) is 9.71 Å². The maximum Gasteiger partial charge on any atom is 0.242 e. The van der Waals surface area contributed by atoms with E-state index in [1.807, 2.05) is 0 Å². The summed E-state index contributed by atoms with van der Waals surface area (Å²) in [4.78, 5) is 3.93. The van der Waals surface area contributed by atoms with Crippen LogP contribution in [0.4, 0.5) is 0 Å². The van der Waals surface area contributed by atoms with Crippen molar-refractivity contribution >= 4 is 19.9 Å². The van der Waals surface area contributed by atoms with E-state index in [4.69, 9.17) is 5.73 Å². The maximum atomic E-state index is 12.1. The summed E-state index contributed by atoms with van der Waals surface area (Å²) in [7, 11) is -6.91. The number of sulfone groups is 1. The van der Waals surface area contributed by atoms with Crippen molar-refractivity contribution in [2.45, 2.75) is 30.3 Å². The second-order valence-corrected chi connectivity index (χ2v) is 8.71. The van der Waals surface area contributed by atoms with Gasteiger partial charge in [0.05, 0.1) is 17.2 Å². The fourth-order valence-corrected chi connectivity index (χ4v) is 5.05. The van der Waals surface area contributed by atoms with Crippen molar-refractivity contribution in [1.29, 1.82) is 0 Å². The van der Waals surface area contributed by atoms with E-state index in [2.05, 4.69) is 9.71 Å². The molecule has 112 valence electrons. The lowest BCUT2D eigenvalue weighted by atomic mass is 10.2. The van der Waals surface area contributed by atoms with Crippen LogP contribution >= 0.6 is 0 Å². The Bertz CT molecular complexity index is 668. The van der Waals surface area contributed by atoms with E-state index < -0.39 is 25.9 Å². The third-order valence-corrected chi connectivity index (χ3v) is 6.43. The minimum absolute atomic E-state index is 0.0117. The Balaban J connectivity index is 2.14. The van der Waals surface area contributed by atoms with Crippen molar-refractivity contribution in [3.63, 3.8) is 0 Å². The molecule has 9 heteroatoms. The molecule has 2 heterocycles. The number of nitrogens with one attached hydrogen (secondary N) is 1. The van der Waals surface area contributed by atoms with Gasteiger partial charge < -0.3 is 5.73 Å². The number of nitrogens with two attached hydrogens (primary N) is 1. The third kappa shape index (κ3) is 3.75. The highest BCUT2D eigenvalue weighted by atomic mass is 32.2. The van der Waals surface area contributed by atoms with Crippen LogP contribution in [0.25, 0.3) is 0 Å². The first-order valence-corrected chi connectivity index (χ1v) is 9.50. The highest BCUT2D eigenvalue weighted by molar-refractivity contribution is 7.91. The van der Waals surface area contributed by atoms with Gasteiger partial charge in [-0.25, -0.2) is 21.6 Å². The fraction of sp³-hybridized carbons (Fsp3) is 0.545. The van der Waals surface area contributed by atoms with Gasteiger partial charge in [-0.2, -0.15) is 0 Å². The van der Waals surface area contributed by atoms with Gasteiger partial charge in [0.2, 0.25) is 10.0 Å².